The molecule has 3 atom stereocenters. The van der Waals surface area contributed by atoms with E-state index in [2.05, 4.69) is 0 Å². The van der Waals surface area contributed by atoms with Gasteiger partial charge in [-0.25, -0.2) is 0 Å². The Labute approximate surface area is 168 Å². The van der Waals surface area contributed by atoms with Crippen LogP contribution >= 0.6 is 0 Å². The molecule has 156 valence electrons. The number of fused-ring (bicyclic) bond motifs is 1. The Morgan fingerprint density at radius 2 is 1.86 bits per heavy atom. The number of amides is 1. The highest BCUT2D eigenvalue weighted by Crippen LogP contribution is 2.44. The predicted octanol–water partition coefficient (Wildman–Crippen LogP) is 4.37. The summed E-state index contributed by atoms with van der Waals surface area (Å²) in [7, 11) is 1.55. The maximum Gasteiger partial charge on any atom is 0.416 e. The van der Waals surface area contributed by atoms with Crippen molar-refractivity contribution in [3.8, 4) is 5.75 Å². The standard InChI is InChI=1S/C22H25F3N2O2/c1-13(12-26)27-20-6-4-5-19(22(23,24)25)18(20)11-17(14(2)21(27)28)15-7-9-16(29-3)10-8-15/h4-10,13-14,17H,11-12,26H2,1-3H3. The summed E-state index contributed by atoms with van der Waals surface area (Å²) in [5, 5.41) is 0. The maximum absolute atomic E-state index is 13.8. The number of benzene rings is 2. The molecular formula is C22H25F3N2O2. The number of carbonyl (C=O) groups is 1. The first-order valence-electron chi connectivity index (χ1n) is 9.55. The number of halogens is 3. The molecular weight excluding hydrogens is 381 g/mol. The highest BCUT2D eigenvalue weighted by molar-refractivity contribution is 5.98. The van der Waals surface area contributed by atoms with Gasteiger partial charge in [-0.3, -0.25) is 4.79 Å². The number of rotatable bonds is 4. The molecule has 0 spiro atoms. The van der Waals surface area contributed by atoms with E-state index < -0.39 is 29.6 Å². The van der Waals surface area contributed by atoms with E-state index in [0.29, 0.717) is 11.4 Å². The molecule has 1 heterocycles. The molecule has 0 saturated carbocycles. The highest BCUT2D eigenvalue weighted by atomic mass is 19.4. The summed E-state index contributed by atoms with van der Waals surface area (Å²) in [5.74, 6) is -0.477. The van der Waals surface area contributed by atoms with Gasteiger partial charge in [-0.05, 0) is 54.7 Å². The van der Waals surface area contributed by atoms with Crippen LogP contribution < -0.4 is 15.4 Å². The van der Waals surface area contributed by atoms with Crippen LogP contribution in [-0.2, 0) is 17.4 Å². The van der Waals surface area contributed by atoms with E-state index in [0.717, 1.165) is 11.6 Å². The average Bonchev–Trinajstić information content (AvgIpc) is 2.81. The summed E-state index contributed by atoms with van der Waals surface area (Å²) >= 11 is 0. The van der Waals surface area contributed by atoms with Crippen molar-refractivity contribution in [2.45, 2.75) is 38.4 Å². The number of anilines is 1. The van der Waals surface area contributed by atoms with Crippen molar-refractivity contribution in [1.82, 2.24) is 0 Å². The van der Waals surface area contributed by atoms with E-state index in [9.17, 15) is 18.0 Å². The van der Waals surface area contributed by atoms with Crippen LogP contribution in [0.2, 0.25) is 0 Å². The largest absolute Gasteiger partial charge is 0.497 e. The number of methoxy groups -OCH3 is 1. The van der Waals surface area contributed by atoms with Gasteiger partial charge in [0, 0.05) is 24.2 Å². The van der Waals surface area contributed by atoms with Gasteiger partial charge in [-0.15, -0.1) is 0 Å². The Kier molecular flexibility index (Phi) is 5.89. The summed E-state index contributed by atoms with van der Waals surface area (Å²) in [6.07, 6.45) is -4.40. The molecule has 1 amide bonds. The number of hydrogen-bond donors (Lipinski definition) is 1. The number of carbonyl (C=O) groups excluding carboxylic acids is 1. The molecule has 0 radical (unpaired) electrons. The van der Waals surface area contributed by atoms with Crippen molar-refractivity contribution >= 4 is 11.6 Å². The van der Waals surface area contributed by atoms with E-state index in [-0.39, 0.29) is 24.4 Å². The van der Waals surface area contributed by atoms with Gasteiger partial charge in [-0.1, -0.05) is 25.1 Å². The van der Waals surface area contributed by atoms with Crippen molar-refractivity contribution in [3.63, 3.8) is 0 Å². The van der Waals surface area contributed by atoms with E-state index in [1.807, 2.05) is 12.1 Å². The van der Waals surface area contributed by atoms with E-state index in [1.54, 1.807) is 39.2 Å². The summed E-state index contributed by atoms with van der Waals surface area (Å²) in [6, 6.07) is 10.7. The van der Waals surface area contributed by atoms with Crippen LogP contribution in [0.15, 0.2) is 42.5 Å². The molecule has 0 saturated heterocycles. The zero-order valence-electron chi connectivity index (χ0n) is 16.7. The van der Waals surface area contributed by atoms with Gasteiger partial charge in [0.1, 0.15) is 5.75 Å². The molecule has 1 aliphatic heterocycles. The summed E-state index contributed by atoms with van der Waals surface area (Å²) in [6.45, 7) is 3.68. The lowest BCUT2D eigenvalue weighted by Crippen LogP contribution is -2.45. The highest BCUT2D eigenvalue weighted by Gasteiger charge is 2.41. The first kappa shape index (κ1) is 21.2. The average molecular weight is 406 g/mol. The molecule has 0 fully saturated rings. The second-order valence-corrected chi connectivity index (χ2v) is 7.47. The monoisotopic (exact) mass is 406 g/mol. The molecule has 2 N–H and O–H groups in total. The zero-order valence-corrected chi connectivity index (χ0v) is 16.7. The van der Waals surface area contributed by atoms with Gasteiger partial charge in [0.2, 0.25) is 5.91 Å². The van der Waals surface area contributed by atoms with Crippen molar-refractivity contribution in [2.75, 3.05) is 18.6 Å². The SMILES string of the molecule is COc1ccc(C2Cc3c(cccc3C(F)(F)F)N(C(C)CN)C(=O)C2C)cc1. The molecule has 3 rings (SSSR count). The number of ether oxygens (including phenoxy) is 1. The predicted molar refractivity (Wildman–Crippen MR) is 106 cm³/mol. The molecule has 0 aliphatic carbocycles. The van der Waals surface area contributed by atoms with Crippen LogP contribution in [0.1, 0.15) is 36.5 Å². The second-order valence-electron chi connectivity index (χ2n) is 7.47. The third-order valence-corrected chi connectivity index (χ3v) is 5.70. The van der Waals surface area contributed by atoms with E-state index in [4.69, 9.17) is 10.5 Å². The summed E-state index contributed by atoms with van der Waals surface area (Å²) in [5.41, 5.74) is 6.32. The van der Waals surface area contributed by atoms with Gasteiger partial charge in [-0.2, -0.15) is 13.2 Å². The van der Waals surface area contributed by atoms with Gasteiger partial charge < -0.3 is 15.4 Å². The van der Waals surface area contributed by atoms with Gasteiger partial charge in [0.25, 0.3) is 0 Å². The second kappa shape index (κ2) is 8.06. The molecule has 7 heteroatoms. The number of nitrogens with zero attached hydrogens (tertiary/aromatic N) is 1. The third kappa shape index (κ3) is 3.96. The van der Waals surface area contributed by atoms with E-state index in [1.165, 1.54) is 11.0 Å². The molecule has 2 aromatic rings. The fraction of sp³-hybridized carbons (Fsp3) is 0.409. The number of nitrogens with two attached hydrogens (primary N) is 1. The van der Waals surface area contributed by atoms with Crippen LogP contribution in [0.4, 0.5) is 18.9 Å². The Bertz CT molecular complexity index is 881. The minimum Gasteiger partial charge on any atom is -0.497 e. The van der Waals surface area contributed by atoms with Crippen LogP contribution in [0.25, 0.3) is 0 Å². The van der Waals surface area contributed by atoms with Gasteiger partial charge in [0.15, 0.2) is 0 Å². The van der Waals surface area contributed by atoms with Gasteiger partial charge >= 0.3 is 6.18 Å². The van der Waals surface area contributed by atoms with E-state index >= 15 is 0 Å². The molecule has 4 nitrogen and oxygen atoms in total. The van der Waals surface area contributed by atoms with Crippen LogP contribution in [0.5, 0.6) is 5.75 Å². The minimum atomic E-state index is -4.51. The van der Waals surface area contributed by atoms with Crippen molar-refractivity contribution in [1.29, 1.82) is 0 Å². The fourth-order valence-electron chi connectivity index (χ4n) is 4.01. The lowest BCUT2D eigenvalue weighted by molar-refractivity contribution is -0.138. The van der Waals surface area contributed by atoms with Crippen molar-refractivity contribution < 1.29 is 22.7 Å². The summed E-state index contributed by atoms with van der Waals surface area (Å²) in [4.78, 5) is 14.8. The summed E-state index contributed by atoms with van der Waals surface area (Å²) < 4.78 is 46.6. The first-order chi connectivity index (χ1) is 13.7. The Hall–Kier alpha value is -2.54. The molecule has 1 aliphatic rings. The van der Waals surface area contributed by atoms with Gasteiger partial charge in [0.05, 0.1) is 12.7 Å². The molecule has 29 heavy (non-hydrogen) atoms. The van der Waals surface area contributed by atoms with Crippen LogP contribution in [-0.4, -0.2) is 25.6 Å². The Morgan fingerprint density at radius 3 is 2.41 bits per heavy atom. The third-order valence-electron chi connectivity index (χ3n) is 5.70. The fourth-order valence-corrected chi connectivity index (χ4v) is 4.01. The quantitative estimate of drug-likeness (QED) is 0.820. The maximum atomic E-state index is 13.8. The topological polar surface area (TPSA) is 55.6 Å². The van der Waals surface area contributed by atoms with Crippen molar-refractivity contribution in [3.05, 3.63) is 59.2 Å². The molecule has 3 unspecified atom stereocenters. The lowest BCUT2D eigenvalue weighted by atomic mass is 9.82. The first-order valence-corrected chi connectivity index (χ1v) is 9.55. The Balaban J connectivity index is 2.19. The molecule has 0 aromatic heterocycles. The smallest absolute Gasteiger partial charge is 0.416 e. The molecule has 0 bridgehead atoms. The molecule has 2 aromatic carbocycles. The lowest BCUT2D eigenvalue weighted by Gasteiger charge is -2.31. The van der Waals surface area contributed by atoms with Crippen LogP contribution in [0, 0.1) is 5.92 Å². The normalized spacial score (nSPS) is 20.8. The minimum absolute atomic E-state index is 0.109. The number of alkyl halides is 3. The Morgan fingerprint density at radius 1 is 1.21 bits per heavy atom. The zero-order chi connectivity index (χ0) is 21.3. The number of hydrogen-bond acceptors (Lipinski definition) is 3. The van der Waals surface area contributed by atoms with Crippen molar-refractivity contribution in [2.24, 2.45) is 11.7 Å². The van der Waals surface area contributed by atoms with Crippen LogP contribution in [0.3, 0.4) is 0 Å².